The van der Waals surface area contributed by atoms with Crippen LogP contribution in [0, 0.1) is 16.7 Å². The average molecular weight is 183 g/mol. The van der Waals surface area contributed by atoms with Gasteiger partial charge in [-0.3, -0.25) is 0 Å². The molecule has 1 saturated carbocycles. The fourth-order valence-corrected chi connectivity index (χ4v) is 3.33. The van der Waals surface area contributed by atoms with E-state index in [4.69, 9.17) is 10.5 Å². The summed E-state index contributed by atoms with van der Waals surface area (Å²) in [7, 11) is 0. The zero-order valence-corrected chi connectivity index (χ0v) is 8.81. The fourth-order valence-electron chi connectivity index (χ4n) is 3.33. The Morgan fingerprint density at radius 3 is 2.85 bits per heavy atom. The van der Waals surface area contributed by atoms with Crippen molar-refractivity contribution in [1.82, 2.24) is 0 Å². The van der Waals surface area contributed by atoms with E-state index in [1.54, 1.807) is 0 Å². The summed E-state index contributed by atoms with van der Waals surface area (Å²) < 4.78 is 5.66. The Kier molecular flexibility index (Phi) is 2.16. The summed E-state index contributed by atoms with van der Waals surface area (Å²) in [5.74, 6) is 0.759. The van der Waals surface area contributed by atoms with E-state index in [-0.39, 0.29) is 0 Å². The van der Waals surface area contributed by atoms with Crippen molar-refractivity contribution >= 4 is 0 Å². The Bertz CT molecular complexity index is 202. The first-order valence-electron chi connectivity index (χ1n) is 5.40. The smallest absolute Gasteiger partial charge is 0.0525 e. The van der Waals surface area contributed by atoms with Crippen LogP contribution in [0.25, 0.3) is 0 Å². The Labute approximate surface area is 80.8 Å². The minimum atomic E-state index is 0.398. The normalized spacial score (nSPS) is 49.6. The molecule has 0 spiro atoms. The van der Waals surface area contributed by atoms with Gasteiger partial charge in [0.05, 0.1) is 6.61 Å². The van der Waals surface area contributed by atoms with Gasteiger partial charge in [0.1, 0.15) is 0 Å². The van der Waals surface area contributed by atoms with Gasteiger partial charge in [0.2, 0.25) is 0 Å². The van der Waals surface area contributed by atoms with Crippen molar-refractivity contribution in [1.29, 1.82) is 0 Å². The van der Waals surface area contributed by atoms with Gasteiger partial charge in [-0.2, -0.15) is 0 Å². The van der Waals surface area contributed by atoms with Gasteiger partial charge in [-0.05, 0) is 42.6 Å². The van der Waals surface area contributed by atoms with Gasteiger partial charge in [0, 0.05) is 6.61 Å². The molecule has 13 heavy (non-hydrogen) atoms. The van der Waals surface area contributed by atoms with Crippen LogP contribution >= 0.6 is 0 Å². The SMILES string of the molecule is C[C@]12CC[C@@H](COC1)[C@@]2(C)CCN. The van der Waals surface area contributed by atoms with Gasteiger partial charge >= 0.3 is 0 Å². The predicted octanol–water partition coefficient (Wildman–Crippen LogP) is 1.79. The van der Waals surface area contributed by atoms with Crippen molar-refractivity contribution < 1.29 is 4.74 Å². The van der Waals surface area contributed by atoms with Gasteiger partial charge in [-0.15, -0.1) is 0 Å². The summed E-state index contributed by atoms with van der Waals surface area (Å²) in [6.45, 7) is 7.52. The van der Waals surface area contributed by atoms with Gasteiger partial charge < -0.3 is 10.5 Å². The standard InChI is InChI=1S/C11H21NO/c1-10-4-3-9(7-13-8-10)11(10,2)5-6-12/h9H,3-8,12H2,1-2H3/t9-,10-,11+/m0/s1. The van der Waals surface area contributed by atoms with E-state index in [1.165, 1.54) is 12.8 Å². The lowest BCUT2D eigenvalue weighted by molar-refractivity contribution is -0.0996. The van der Waals surface area contributed by atoms with E-state index in [0.717, 1.165) is 32.1 Å². The van der Waals surface area contributed by atoms with Crippen LogP contribution in [0.1, 0.15) is 33.1 Å². The summed E-state index contributed by atoms with van der Waals surface area (Å²) in [5, 5.41) is 0. The van der Waals surface area contributed by atoms with Crippen molar-refractivity contribution in [2.75, 3.05) is 19.8 Å². The first kappa shape index (κ1) is 9.47. The molecule has 0 radical (unpaired) electrons. The highest BCUT2D eigenvalue weighted by Gasteiger charge is 2.56. The average Bonchev–Trinajstić information content (AvgIpc) is 2.25. The number of hydrogen-bond donors (Lipinski definition) is 1. The third-order valence-corrected chi connectivity index (χ3v) is 4.73. The molecule has 76 valence electrons. The lowest BCUT2D eigenvalue weighted by Gasteiger charge is -2.48. The van der Waals surface area contributed by atoms with Crippen molar-refractivity contribution in [2.45, 2.75) is 33.1 Å². The maximum absolute atomic E-state index is 5.71. The van der Waals surface area contributed by atoms with Crippen molar-refractivity contribution in [3.63, 3.8) is 0 Å². The van der Waals surface area contributed by atoms with Crippen LogP contribution in [0.15, 0.2) is 0 Å². The van der Waals surface area contributed by atoms with Crippen LogP contribution in [0.5, 0.6) is 0 Å². The van der Waals surface area contributed by atoms with Crippen molar-refractivity contribution in [3.05, 3.63) is 0 Å². The van der Waals surface area contributed by atoms with E-state index in [2.05, 4.69) is 13.8 Å². The van der Waals surface area contributed by atoms with Gasteiger partial charge in [0.15, 0.2) is 0 Å². The monoisotopic (exact) mass is 183 g/mol. The maximum Gasteiger partial charge on any atom is 0.0525 e. The molecule has 0 aromatic carbocycles. The third kappa shape index (κ3) is 1.15. The quantitative estimate of drug-likeness (QED) is 0.708. The van der Waals surface area contributed by atoms with E-state index in [0.29, 0.717) is 10.8 Å². The second-order valence-corrected chi connectivity index (χ2v) is 5.27. The van der Waals surface area contributed by atoms with E-state index >= 15 is 0 Å². The third-order valence-electron chi connectivity index (χ3n) is 4.73. The van der Waals surface area contributed by atoms with E-state index in [9.17, 15) is 0 Å². The van der Waals surface area contributed by atoms with Crippen LogP contribution in [-0.4, -0.2) is 19.8 Å². The van der Waals surface area contributed by atoms with E-state index < -0.39 is 0 Å². The molecule has 2 bridgehead atoms. The zero-order chi connectivity index (χ0) is 9.53. The zero-order valence-electron chi connectivity index (χ0n) is 8.81. The van der Waals surface area contributed by atoms with E-state index in [1.807, 2.05) is 0 Å². The van der Waals surface area contributed by atoms with Crippen LogP contribution in [0.2, 0.25) is 0 Å². The molecule has 0 aromatic heterocycles. The van der Waals surface area contributed by atoms with Gasteiger partial charge in [-0.25, -0.2) is 0 Å². The minimum Gasteiger partial charge on any atom is -0.381 e. The highest BCUT2D eigenvalue weighted by molar-refractivity contribution is 5.04. The second-order valence-electron chi connectivity index (χ2n) is 5.27. The lowest BCUT2D eigenvalue weighted by atomic mass is 9.62. The molecule has 2 N–H and O–H groups in total. The molecule has 2 fully saturated rings. The number of nitrogens with two attached hydrogens (primary N) is 1. The van der Waals surface area contributed by atoms with Crippen LogP contribution < -0.4 is 5.73 Å². The van der Waals surface area contributed by atoms with Crippen LogP contribution in [0.3, 0.4) is 0 Å². The molecule has 2 rings (SSSR count). The summed E-state index contributed by atoms with van der Waals surface area (Å²) in [6.07, 6.45) is 3.83. The predicted molar refractivity (Wildman–Crippen MR) is 53.4 cm³/mol. The first-order valence-corrected chi connectivity index (χ1v) is 5.40. The highest BCUT2D eigenvalue weighted by atomic mass is 16.5. The molecule has 2 nitrogen and oxygen atoms in total. The minimum absolute atomic E-state index is 0.398. The Hall–Kier alpha value is -0.0800. The molecular formula is C11H21NO. The van der Waals surface area contributed by atoms with Crippen molar-refractivity contribution in [2.24, 2.45) is 22.5 Å². The van der Waals surface area contributed by atoms with Crippen LogP contribution in [-0.2, 0) is 4.74 Å². The Morgan fingerprint density at radius 2 is 2.23 bits per heavy atom. The second kappa shape index (κ2) is 2.96. The Balaban J connectivity index is 2.25. The molecule has 2 heteroatoms. The van der Waals surface area contributed by atoms with Gasteiger partial charge in [-0.1, -0.05) is 13.8 Å². The lowest BCUT2D eigenvalue weighted by Crippen LogP contribution is -2.47. The van der Waals surface area contributed by atoms with Crippen molar-refractivity contribution in [3.8, 4) is 0 Å². The molecule has 1 saturated heterocycles. The number of fused-ring (bicyclic) bond motifs is 2. The molecule has 3 atom stereocenters. The van der Waals surface area contributed by atoms with Gasteiger partial charge in [0.25, 0.3) is 0 Å². The number of ether oxygens (including phenoxy) is 1. The maximum atomic E-state index is 5.71. The summed E-state index contributed by atoms with van der Waals surface area (Å²) >= 11 is 0. The van der Waals surface area contributed by atoms with Crippen LogP contribution in [0.4, 0.5) is 0 Å². The fraction of sp³-hybridized carbons (Fsp3) is 1.00. The summed E-state index contributed by atoms with van der Waals surface area (Å²) in [5.41, 5.74) is 6.56. The molecule has 0 aromatic rings. The number of rotatable bonds is 2. The Morgan fingerprint density at radius 1 is 1.46 bits per heavy atom. The molecule has 0 unspecified atom stereocenters. The largest absolute Gasteiger partial charge is 0.381 e. The molecule has 1 aliphatic heterocycles. The summed E-state index contributed by atoms with van der Waals surface area (Å²) in [4.78, 5) is 0. The summed E-state index contributed by atoms with van der Waals surface area (Å²) in [6, 6.07) is 0. The topological polar surface area (TPSA) is 35.2 Å². The molecule has 1 aliphatic carbocycles. The molecule has 1 heterocycles. The molecule has 2 aliphatic rings. The molecular weight excluding hydrogens is 162 g/mol. The number of hydrogen-bond acceptors (Lipinski definition) is 2. The highest BCUT2D eigenvalue weighted by Crippen LogP contribution is 2.60. The first-order chi connectivity index (χ1) is 6.12. The molecule has 0 amide bonds.